The molecule has 1 aromatic carbocycles. The van der Waals surface area contributed by atoms with E-state index in [1.807, 2.05) is 0 Å². The van der Waals surface area contributed by atoms with Crippen LogP contribution in [0.1, 0.15) is 24.2 Å². The Morgan fingerprint density at radius 2 is 2.00 bits per heavy atom. The number of aromatic nitrogens is 1. The van der Waals surface area contributed by atoms with E-state index in [2.05, 4.69) is 4.98 Å². The lowest BCUT2D eigenvalue weighted by atomic mass is 10.1. The first-order valence-corrected chi connectivity index (χ1v) is 6.54. The number of esters is 1. The third-order valence-electron chi connectivity index (χ3n) is 3.18. The lowest BCUT2D eigenvalue weighted by molar-refractivity contribution is -0.131. The molecule has 0 atom stereocenters. The molecule has 6 heteroatoms. The van der Waals surface area contributed by atoms with Crippen molar-refractivity contribution in [2.24, 2.45) is 0 Å². The number of nitrogens with zero attached hydrogens (tertiary/aromatic N) is 1. The zero-order chi connectivity index (χ0) is 15.6. The van der Waals surface area contributed by atoms with Gasteiger partial charge in [-0.1, -0.05) is 6.07 Å². The number of carbonyl (C=O) groups excluding carboxylic acids is 3. The van der Waals surface area contributed by atoms with Gasteiger partial charge in [0, 0.05) is 32.2 Å². The number of fused-ring (bicyclic) bond motifs is 1. The van der Waals surface area contributed by atoms with Crippen LogP contribution in [0.3, 0.4) is 0 Å². The van der Waals surface area contributed by atoms with E-state index in [0.29, 0.717) is 17.4 Å². The summed E-state index contributed by atoms with van der Waals surface area (Å²) < 4.78 is 5.11. The molecule has 0 aliphatic carbocycles. The Kier molecular flexibility index (Phi) is 4.07. The maximum atomic E-state index is 12.3. The van der Waals surface area contributed by atoms with Gasteiger partial charge in [-0.2, -0.15) is 0 Å². The second kappa shape index (κ2) is 5.78. The molecule has 0 spiro atoms. The predicted octanol–water partition coefficient (Wildman–Crippen LogP) is 1.75. The van der Waals surface area contributed by atoms with Crippen molar-refractivity contribution in [2.75, 3.05) is 13.6 Å². The quantitative estimate of drug-likeness (QED) is 0.402. The summed E-state index contributed by atoms with van der Waals surface area (Å²) in [6.45, 7) is 3.50. The number of carbonyl (C=O) groups is 3. The molecule has 1 aromatic heterocycles. The molecular weight excluding hydrogens is 272 g/mol. The van der Waals surface area contributed by atoms with Gasteiger partial charge in [0.25, 0.3) is 11.7 Å². The van der Waals surface area contributed by atoms with Crippen LogP contribution < -0.4 is 4.74 Å². The van der Waals surface area contributed by atoms with Crippen LogP contribution >= 0.6 is 0 Å². The molecule has 2 aromatic rings. The molecule has 0 fully saturated rings. The lowest BCUT2D eigenvalue weighted by Crippen LogP contribution is -2.33. The van der Waals surface area contributed by atoms with Crippen molar-refractivity contribution in [2.45, 2.75) is 13.8 Å². The summed E-state index contributed by atoms with van der Waals surface area (Å²) in [5.41, 5.74) is 0.830. The van der Waals surface area contributed by atoms with Crippen LogP contribution in [0.25, 0.3) is 10.9 Å². The average Bonchev–Trinajstić information content (AvgIpc) is 2.89. The first-order chi connectivity index (χ1) is 9.95. The van der Waals surface area contributed by atoms with Gasteiger partial charge in [0.2, 0.25) is 0 Å². The SMILES string of the molecule is CCN(C)C(=O)C(=O)c1c[nH]c2cccc(OC(C)=O)c12. The van der Waals surface area contributed by atoms with Crippen LogP contribution in [-0.4, -0.2) is 41.1 Å². The van der Waals surface area contributed by atoms with Gasteiger partial charge in [0.15, 0.2) is 0 Å². The molecule has 21 heavy (non-hydrogen) atoms. The van der Waals surface area contributed by atoms with E-state index in [4.69, 9.17) is 4.74 Å². The zero-order valence-corrected chi connectivity index (χ0v) is 12.1. The van der Waals surface area contributed by atoms with Crippen LogP contribution in [0.4, 0.5) is 0 Å². The molecule has 0 unspecified atom stereocenters. The fraction of sp³-hybridized carbons (Fsp3) is 0.267. The summed E-state index contributed by atoms with van der Waals surface area (Å²) in [7, 11) is 1.56. The maximum absolute atomic E-state index is 12.3. The van der Waals surface area contributed by atoms with Crippen LogP contribution in [0.2, 0.25) is 0 Å². The maximum Gasteiger partial charge on any atom is 0.308 e. The fourth-order valence-electron chi connectivity index (χ4n) is 2.00. The minimum atomic E-state index is -0.634. The van der Waals surface area contributed by atoms with E-state index in [1.165, 1.54) is 18.0 Å². The average molecular weight is 288 g/mol. The van der Waals surface area contributed by atoms with Crippen molar-refractivity contribution < 1.29 is 19.1 Å². The topological polar surface area (TPSA) is 79.5 Å². The molecule has 1 amide bonds. The third kappa shape index (κ3) is 2.79. The highest BCUT2D eigenvalue weighted by Crippen LogP contribution is 2.29. The van der Waals surface area contributed by atoms with Crippen molar-refractivity contribution in [3.8, 4) is 5.75 Å². The number of hydrogen-bond acceptors (Lipinski definition) is 4. The fourth-order valence-corrected chi connectivity index (χ4v) is 2.00. The Hall–Kier alpha value is -2.63. The van der Waals surface area contributed by atoms with Crippen molar-refractivity contribution in [1.82, 2.24) is 9.88 Å². The number of ether oxygens (including phenoxy) is 1. The van der Waals surface area contributed by atoms with E-state index in [9.17, 15) is 14.4 Å². The van der Waals surface area contributed by atoms with Gasteiger partial charge in [-0.05, 0) is 19.1 Å². The summed E-state index contributed by atoms with van der Waals surface area (Å²) >= 11 is 0. The molecular formula is C15H16N2O4. The highest BCUT2D eigenvalue weighted by molar-refractivity contribution is 6.45. The normalized spacial score (nSPS) is 10.4. The number of aromatic amines is 1. The first-order valence-electron chi connectivity index (χ1n) is 6.54. The van der Waals surface area contributed by atoms with Gasteiger partial charge in [0.05, 0.1) is 10.9 Å². The number of H-pyrrole nitrogens is 1. The van der Waals surface area contributed by atoms with E-state index in [0.717, 1.165) is 0 Å². The van der Waals surface area contributed by atoms with Crippen molar-refractivity contribution in [3.63, 3.8) is 0 Å². The molecule has 0 aliphatic heterocycles. The summed E-state index contributed by atoms with van der Waals surface area (Å²) in [6.07, 6.45) is 1.46. The second-order valence-corrected chi connectivity index (χ2v) is 4.62. The molecule has 0 saturated heterocycles. The number of Topliss-reactive ketones (excluding diaryl/α,β-unsaturated/α-hetero) is 1. The minimum Gasteiger partial charge on any atom is -0.426 e. The molecule has 0 bridgehead atoms. The van der Waals surface area contributed by atoms with Crippen molar-refractivity contribution in [3.05, 3.63) is 30.0 Å². The standard InChI is InChI=1S/C15H16N2O4/c1-4-17(3)15(20)14(19)10-8-16-11-6-5-7-12(13(10)11)21-9(2)18/h5-8,16H,4H2,1-3H3. The highest BCUT2D eigenvalue weighted by atomic mass is 16.5. The molecule has 0 radical (unpaired) electrons. The van der Waals surface area contributed by atoms with Gasteiger partial charge >= 0.3 is 5.97 Å². The van der Waals surface area contributed by atoms with Crippen LogP contribution in [0, 0.1) is 0 Å². The molecule has 6 nitrogen and oxygen atoms in total. The third-order valence-corrected chi connectivity index (χ3v) is 3.18. The van der Waals surface area contributed by atoms with Gasteiger partial charge < -0.3 is 14.6 Å². The predicted molar refractivity (Wildman–Crippen MR) is 77.2 cm³/mol. The van der Waals surface area contributed by atoms with E-state index < -0.39 is 17.7 Å². The van der Waals surface area contributed by atoms with E-state index in [-0.39, 0.29) is 11.3 Å². The van der Waals surface area contributed by atoms with Crippen molar-refractivity contribution >= 4 is 28.6 Å². The van der Waals surface area contributed by atoms with Crippen LogP contribution in [-0.2, 0) is 9.59 Å². The Morgan fingerprint density at radius 1 is 1.29 bits per heavy atom. The van der Waals surface area contributed by atoms with E-state index in [1.54, 1.807) is 32.2 Å². The Balaban J connectivity index is 2.52. The van der Waals surface area contributed by atoms with Gasteiger partial charge in [0.1, 0.15) is 5.75 Å². The van der Waals surface area contributed by atoms with Crippen LogP contribution in [0.5, 0.6) is 5.75 Å². The minimum absolute atomic E-state index is 0.201. The highest BCUT2D eigenvalue weighted by Gasteiger charge is 2.24. The number of benzene rings is 1. The number of likely N-dealkylation sites (N-methyl/N-ethyl adjacent to an activating group) is 1. The van der Waals surface area contributed by atoms with E-state index >= 15 is 0 Å². The second-order valence-electron chi connectivity index (χ2n) is 4.62. The largest absolute Gasteiger partial charge is 0.426 e. The summed E-state index contributed by atoms with van der Waals surface area (Å²) in [6, 6.07) is 5.03. The van der Waals surface area contributed by atoms with Crippen molar-refractivity contribution in [1.29, 1.82) is 0 Å². The lowest BCUT2D eigenvalue weighted by Gasteiger charge is -2.13. The Labute approximate surface area is 121 Å². The number of hydrogen-bond donors (Lipinski definition) is 1. The molecule has 2 rings (SSSR count). The summed E-state index contributed by atoms with van der Waals surface area (Å²) in [5.74, 6) is -1.46. The molecule has 0 saturated carbocycles. The van der Waals surface area contributed by atoms with Gasteiger partial charge in [-0.3, -0.25) is 14.4 Å². The summed E-state index contributed by atoms with van der Waals surface area (Å²) in [5, 5.41) is 0.440. The zero-order valence-electron chi connectivity index (χ0n) is 12.1. The van der Waals surface area contributed by atoms with Crippen LogP contribution in [0.15, 0.2) is 24.4 Å². The number of rotatable bonds is 4. The number of ketones is 1. The Morgan fingerprint density at radius 3 is 2.62 bits per heavy atom. The van der Waals surface area contributed by atoms with Gasteiger partial charge in [-0.25, -0.2) is 0 Å². The molecule has 0 aliphatic rings. The van der Waals surface area contributed by atoms with Gasteiger partial charge in [-0.15, -0.1) is 0 Å². The summed E-state index contributed by atoms with van der Waals surface area (Å²) in [4.78, 5) is 39.7. The Bertz CT molecular complexity index is 718. The number of nitrogens with one attached hydrogen (secondary N) is 1. The first kappa shape index (κ1) is 14.8. The number of amides is 1. The monoisotopic (exact) mass is 288 g/mol. The molecule has 1 heterocycles. The molecule has 110 valence electrons. The smallest absolute Gasteiger partial charge is 0.308 e. The molecule has 1 N–H and O–H groups in total.